The van der Waals surface area contributed by atoms with Gasteiger partial charge in [0.25, 0.3) is 0 Å². The summed E-state index contributed by atoms with van der Waals surface area (Å²) >= 11 is 0. The number of primary amides is 1. The van der Waals surface area contributed by atoms with Crippen LogP contribution >= 0.6 is 0 Å². The molecule has 0 aliphatic heterocycles. The summed E-state index contributed by atoms with van der Waals surface area (Å²) in [6.07, 6.45) is 13.3. The van der Waals surface area contributed by atoms with Gasteiger partial charge >= 0.3 is 5.97 Å². The van der Waals surface area contributed by atoms with Crippen molar-refractivity contribution in [2.75, 3.05) is 6.54 Å². The lowest BCUT2D eigenvalue weighted by Crippen LogP contribution is -2.48. The number of carbonyl (C=O) groups is 4. The van der Waals surface area contributed by atoms with Crippen LogP contribution in [0.1, 0.15) is 103 Å². The van der Waals surface area contributed by atoms with Gasteiger partial charge in [0.1, 0.15) is 6.04 Å². The maximum atomic E-state index is 12.1. The molecule has 0 fully saturated rings. The molecule has 0 aromatic heterocycles. The number of nitrogens with one attached hydrogen (secondary N) is 2. The van der Waals surface area contributed by atoms with Crippen LogP contribution in [0.5, 0.6) is 0 Å². The molecule has 0 aromatic carbocycles. The molecule has 0 aromatic rings. The summed E-state index contributed by atoms with van der Waals surface area (Å²) in [5.74, 6) is -2.43. The maximum Gasteiger partial charge on any atom is 0.303 e. The fourth-order valence-electron chi connectivity index (χ4n) is 3.20. The molecule has 1 unspecified atom stereocenters. The van der Waals surface area contributed by atoms with Crippen LogP contribution in [0.3, 0.4) is 0 Å². The summed E-state index contributed by atoms with van der Waals surface area (Å²) in [5, 5.41) is 13.7. The SMILES string of the molecule is CCCCCCCCCCCCCC(=O)NC(CC(N)=O)C(=O)NCCCC(=O)O. The van der Waals surface area contributed by atoms with Crippen LogP contribution in [0, 0.1) is 0 Å². The van der Waals surface area contributed by atoms with Crippen molar-refractivity contribution in [2.45, 2.75) is 109 Å². The van der Waals surface area contributed by atoms with E-state index in [0.29, 0.717) is 6.42 Å². The molecule has 3 amide bonds. The quantitative estimate of drug-likeness (QED) is 0.221. The third-order valence-electron chi connectivity index (χ3n) is 4.93. The number of nitrogens with two attached hydrogens (primary N) is 1. The number of carboxylic acids is 1. The zero-order chi connectivity index (χ0) is 22.6. The van der Waals surface area contributed by atoms with Gasteiger partial charge in [-0.15, -0.1) is 0 Å². The molecule has 0 aliphatic rings. The van der Waals surface area contributed by atoms with Gasteiger partial charge in [-0.2, -0.15) is 0 Å². The number of amides is 3. The first kappa shape index (κ1) is 27.9. The van der Waals surface area contributed by atoms with Gasteiger partial charge in [0.15, 0.2) is 0 Å². The van der Waals surface area contributed by atoms with Crippen molar-refractivity contribution in [3.8, 4) is 0 Å². The summed E-state index contributed by atoms with van der Waals surface area (Å²) in [6.45, 7) is 2.38. The van der Waals surface area contributed by atoms with E-state index in [1.165, 1.54) is 51.4 Å². The Labute approximate surface area is 180 Å². The van der Waals surface area contributed by atoms with Crippen LogP contribution < -0.4 is 16.4 Å². The van der Waals surface area contributed by atoms with Gasteiger partial charge in [0.2, 0.25) is 17.7 Å². The highest BCUT2D eigenvalue weighted by Gasteiger charge is 2.22. The van der Waals surface area contributed by atoms with Crippen molar-refractivity contribution in [1.82, 2.24) is 10.6 Å². The molecule has 0 rings (SSSR count). The lowest BCUT2D eigenvalue weighted by molar-refractivity contribution is -0.137. The van der Waals surface area contributed by atoms with E-state index >= 15 is 0 Å². The second-order valence-electron chi connectivity index (χ2n) is 7.86. The van der Waals surface area contributed by atoms with Gasteiger partial charge in [0, 0.05) is 19.4 Å². The van der Waals surface area contributed by atoms with Gasteiger partial charge in [-0.05, 0) is 12.8 Å². The standard InChI is InChI=1S/C22H41N3O5/c1-2-3-4-5-6-7-8-9-10-11-12-14-20(27)25-18(17-19(23)26)22(30)24-16-13-15-21(28)29/h18H,2-17H2,1H3,(H2,23,26)(H,24,30)(H,25,27)(H,28,29). The van der Waals surface area contributed by atoms with Crippen LogP contribution in [0.25, 0.3) is 0 Å². The number of hydrogen-bond acceptors (Lipinski definition) is 4. The molecule has 174 valence electrons. The third kappa shape index (κ3) is 17.9. The molecule has 0 saturated heterocycles. The molecule has 8 heteroatoms. The molecule has 8 nitrogen and oxygen atoms in total. The van der Waals surface area contributed by atoms with Crippen LogP contribution in [0.15, 0.2) is 0 Å². The summed E-state index contributed by atoms with van der Waals surface area (Å²) < 4.78 is 0. The largest absolute Gasteiger partial charge is 0.481 e. The Hall–Kier alpha value is -2.12. The first-order valence-electron chi connectivity index (χ1n) is 11.4. The average Bonchev–Trinajstić information content (AvgIpc) is 2.68. The minimum atomic E-state index is -1.02. The normalized spacial score (nSPS) is 11.6. The first-order valence-corrected chi connectivity index (χ1v) is 11.4. The van der Waals surface area contributed by atoms with Crippen LogP contribution in [0.4, 0.5) is 0 Å². The van der Waals surface area contributed by atoms with Crippen molar-refractivity contribution >= 4 is 23.7 Å². The van der Waals surface area contributed by atoms with E-state index in [2.05, 4.69) is 17.6 Å². The zero-order valence-corrected chi connectivity index (χ0v) is 18.5. The van der Waals surface area contributed by atoms with Gasteiger partial charge in [0.05, 0.1) is 6.42 Å². The highest BCUT2D eigenvalue weighted by Crippen LogP contribution is 2.12. The van der Waals surface area contributed by atoms with Gasteiger partial charge < -0.3 is 21.5 Å². The highest BCUT2D eigenvalue weighted by atomic mass is 16.4. The third-order valence-corrected chi connectivity index (χ3v) is 4.93. The molecular formula is C22H41N3O5. The topological polar surface area (TPSA) is 139 Å². The van der Waals surface area contributed by atoms with Crippen LogP contribution in [0.2, 0.25) is 0 Å². The van der Waals surface area contributed by atoms with Gasteiger partial charge in [-0.25, -0.2) is 0 Å². The second kappa shape index (κ2) is 18.9. The summed E-state index contributed by atoms with van der Waals surface area (Å²) in [7, 11) is 0. The fraction of sp³-hybridized carbons (Fsp3) is 0.818. The number of aliphatic carboxylic acids is 1. The van der Waals surface area contributed by atoms with E-state index in [0.717, 1.165) is 19.3 Å². The molecule has 0 saturated carbocycles. The minimum Gasteiger partial charge on any atom is -0.481 e. The molecule has 0 spiro atoms. The second-order valence-corrected chi connectivity index (χ2v) is 7.86. The van der Waals surface area contributed by atoms with E-state index in [-0.39, 0.29) is 31.7 Å². The van der Waals surface area contributed by atoms with Gasteiger partial charge in [-0.1, -0.05) is 71.1 Å². The Morgan fingerprint density at radius 2 is 1.33 bits per heavy atom. The van der Waals surface area contributed by atoms with E-state index in [4.69, 9.17) is 10.8 Å². The number of unbranched alkanes of at least 4 members (excludes halogenated alkanes) is 10. The summed E-state index contributed by atoms with van der Waals surface area (Å²) in [5.41, 5.74) is 5.17. The fourth-order valence-corrected chi connectivity index (χ4v) is 3.20. The molecule has 0 heterocycles. The number of hydrogen-bond donors (Lipinski definition) is 4. The molecule has 0 radical (unpaired) electrons. The molecular weight excluding hydrogens is 386 g/mol. The monoisotopic (exact) mass is 427 g/mol. The lowest BCUT2D eigenvalue weighted by Gasteiger charge is -2.17. The minimum absolute atomic E-state index is 0.0635. The molecule has 30 heavy (non-hydrogen) atoms. The number of rotatable bonds is 20. The van der Waals surface area contributed by atoms with Crippen molar-refractivity contribution in [3.63, 3.8) is 0 Å². The average molecular weight is 428 g/mol. The Morgan fingerprint density at radius 3 is 1.83 bits per heavy atom. The zero-order valence-electron chi connectivity index (χ0n) is 18.5. The van der Waals surface area contributed by atoms with Gasteiger partial charge in [-0.3, -0.25) is 19.2 Å². The first-order chi connectivity index (χ1) is 14.4. The Balaban J connectivity index is 3.93. The maximum absolute atomic E-state index is 12.1. The van der Waals surface area contributed by atoms with Crippen molar-refractivity contribution in [3.05, 3.63) is 0 Å². The lowest BCUT2D eigenvalue weighted by atomic mass is 10.0. The summed E-state index contributed by atoms with van der Waals surface area (Å²) in [4.78, 5) is 45.9. The Kier molecular flexibility index (Phi) is 17.5. The van der Waals surface area contributed by atoms with Crippen molar-refractivity contribution < 1.29 is 24.3 Å². The Bertz CT molecular complexity index is 511. The Morgan fingerprint density at radius 1 is 0.800 bits per heavy atom. The smallest absolute Gasteiger partial charge is 0.303 e. The van der Waals surface area contributed by atoms with Crippen molar-refractivity contribution in [2.24, 2.45) is 5.73 Å². The van der Waals surface area contributed by atoms with Crippen LogP contribution in [-0.4, -0.2) is 41.4 Å². The van der Waals surface area contributed by atoms with E-state index < -0.39 is 23.8 Å². The van der Waals surface area contributed by atoms with E-state index in [1.807, 2.05) is 0 Å². The number of carbonyl (C=O) groups excluding carboxylic acids is 3. The predicted octanol–water partition coefficient (Wildman–Crippen LogP) is 3.03. The molecule has 1 atom stereocenters. The highest BCUT2D eigenvalue weighted by molar-refractivity contribution is 5.91. The van der Waals surface area contributed by atoms with Crippen molar-refractivity contribution in [1.29, 1.82) is 0 Å². The molecule has 5 N–H and O–H groups in total. The molecule has 0 aliphatic carbocycles. The summed E-state index contributed by atoms with van der Waals surface area (Å²) in [6, 6.07) is -1.02. The van der Waals surface area contributed by atoms with E-state index in [1.54, 1.807) is 0 Å². The molecule has 0 bridgehead atoms. The predicted molar refractivity (Wildman–Crippen MR) is 117 cm³/mol. The van der Waals surface area contributed by atoms with Crippen LogP contribution in [-0.2, 0) is 19.2 Å². The number of carboxylic acid groups (broad SMARTS) is 1. The van der Waals surface area contributed by atoms with E-state index in [9.17, 15) is 19.2 Å².